The van der Waals surface area contributed by atoms with Crippen LogP contribution < -0.4 is 10.6 Å². The maximum absolute atomic E-state index is 14.3. The summed E-state index contributed by atoms with van der Waals surface area (Å²) >= 11 is 0. The summed E-state index contributed by atoms with van der Waals surface area (Å²) < 4.78 is 24.4. The summed E-state index contributed by atoms with van der Waals surface area (Å²) in [6.07, 6.45) is 90.3. The molecule has 17 heteroatoms. The second kappa shape index (κ2) is 97.8. The zero-order chi connectivity index (χ0) is 95.1. The minimum atomic E-state index is -0.261. The molecule has 0 aromatic rings. The Morgan fingerprint density at radius 3 is 0.763 bits per heavy atom. The molecule has 0 aliphatic carbocycles. The quantitative estimate of drug-likeness (QED) is 0.0332. The van der Waals surface area contributed by atoms with Gasteiger partial charge in [-0.2, -0.15) is 0 Å². The van der Waals surface area contributed by atoms with Crippen LogP contribution in [0.5, 0.6) is 0 Å². The van der Waals surface area contributed by atoms with E-state index in [4.69, 9.17) is 18.9 Å². The first-order valence-electron chi connectivity index (χ1n) is 58.0. The lowest BCUT2D eigenvalue weighted by Gasteiger charge is -2.26. The Kier molecular flexibility index (Phi) is 93.5. The van der Waals surface area contributed by atoms with E-state index in [0.717, 1.165) is 283 Å². The van der Waals surface area contributed by atoms with Gasteiger partial charge in [0.05, 0.1) is 31.6 Å². The number of likely N-dealkylation sites (tertiary alicyclic amines) is 1. The van der Waals surface area contributed by atoms with Crippen LogP contribution in [0, 0.1) is 11.8 Å². The van der Waals surface area contributed by atoms with Crippen LogP contribution in [0.2, 0.25) is 0 Å². The van der Waals surface area contributed by atoms with E-state index in [-0.39, 0.29) is 85.3 Å². The Balaban J connectivity index is 3.19. The van der Waals surface area contributed by atoms with Crippen LogP contribution in [0.1, 0.15) is 569 Å². The van der Waals surface area contributed by atoms with E-state index in [1.807, 2.05) is 0 Å². The van der Waals surface area contributed by atoms with Gasteiger partial charge in [0.2, 0.25) is 17.7 Å². The minimum Gasteiger partial charge on any atom is -0.465 e. The third kappa shape index (κ3) is 82.9. The molecule has 0 aromatic heterocycles. The van der Waals surface area contributed by atoms with E-state index >= 15 is 0 Å². The molecule has 1 saturated heterocycles. The highest BCUT2D eigenvalue weighted by molar-refractivity contribution is 5.90. The predicted octanol–water partition coefficient (Wildman–Crippen LogP) is 30.5. The molecular formula is C114H220N6O11. The fraction of sp³-hybridized carbons (Fsp3) is 0.939. The molecule has 1 rings (SSSR count). The average Bonchev–Trinajstić information content (AvgIpc) is 1.86. The van der Waals surface area contributed by atoms with Crippen LogP contribution in [-0.2, 0) is 52.5 Å². The molecule has 0 atom stereocenters. The van der Waals surface area contributed by atoms with Crippen molar-refractivity contribution in [3.63, 3.8) is 0 Å². The number of nitrogens with one attached hydrogen (secondary N) is 2. The van der Waals surface area contributed by atoms with Crippen molar-refractivity contribution >= 4 is 41.6 Å². The molecule has 0 saturated carbocycles. The maximum atomic E-state index is 14.3. The lowest BCUT2D eigenvalue weighted by Crippen LogP contribution is -2.50. The molecule has 0 aromatic carbocycles. The van der Waals surface area contributed by atoms with Gasteiger partial charge in [-0.15, -0.1) is 0 Å². The zero-order valence-corrected chi connectivity index (χ0v) is 88.3. The molecule has 772 valence electrons. The van der Waals surface area contributed by atoms with Crippen molar-refractivity contribution in [2.75, 3.05) is 98.3 Å². The van der Waals surface area contributed by atoms with Crippen molar-refractivity contribution in [1.82, 2.24) is 30.2 Å². The Morgan fingerprint density at radius 1 is 0.267 bits per heavy atom. The smallest absolute Gasteiger partial charge is 0.308 e. The van der Waals surface area contributed by atoms with E-state index in [1.54, 1.807) is 0 Å². The van der Waals surface area contributed by atoms with Gasteiger partial charge in [0.15, 0.2) is 0 Å². The standard InChI is InChI=1S/C114H220N6O11/c1-9-17-25-33-45-61-79-104(80-62-46-34-26-18-10-2)113(126)128-99-77-59-43-57-73-93-117(91-71-55-41-53-69-87-111(124)130-106(83-65-49-37-29-21-13-5)84-66-50-38-30-22-14-6)97-89-115-108(121)101-120(110(123)103-119-95-75-76-96-119)102-109(122)116-90-98-118(92-72-56-42-54-70-88-112(125)131-107(85-67-51-39-31-23-15-7)86-68-52-40-32-24-16-8)94-74-58-44-60-78-100-129-114(127)105(81-63-47-35-27-19-11-3)82-64-48-36-28-20-12-4/h104-107H,9-103H2,1-8H3,(H,115,121)(H,116,122). The number of nitrogens with zero attached hydrogens (tertiary/aromatic N) is 4. The van der Waals surface area contributed by atoms with Crippen LogP contribution >= 0.6 is 0 Å². The van der Waals surface area contributed by atoms with Crippen LogP contribution in [-0.4, -0.2) is 172 Å². The van der Waals surface area contributed by atoms with Gasteiger partial charge in [0.25, 0.3) is 0 Å². The first-order valence-corrected chi connectivity index (χ1v) is 58.0. The first kappa shape index (κ1) is 125. The Bertz CT molecular complexity index is 2310. The summed E-state index contributed by atoms with van der Waals surface area (Å²) in [5, 5.41) is 6.36. The lowest BCUT2D eigenvalue weighted by molar-refractivity contribution is -0.151. The van der Waals surface area contributed by atoms with E-state index in [1.165, 1.54) is 262 Å². The summed E-state index contributed by atoms with van der Waals surface area (Å²) in [5.41, 5.74) is 0. The van der Waals surface area contributed by atoms with E-state index in [9.17, 15) is 33.6 Å². The summed E-state index contributed by atoms with van der Waals surface area (Å²) in [6.45, 7) is 26.4. The zero-order valence-electron chi connectivity index (χ0n) is 88.3. The number of ether oxygens (including phenoxy) is 4. The van der Waals surface area contributed by atoms with Crippen molar-refractivity contribution in [3.05, 3.63) is 0 Å². The fourth-order valence-corrected chi connectivity index (χ4v) is 19.2. The molecule has 1 heterocycles. The molecule has 0 unspecified atom stereocenters. The molecule has 0 radical (unpaired) electrons. The normalized spacial score (nSPS) is 12.5. The third-order valence-corrected chi connectivity index (χ3v) is 27.9. The van der Waals surface area contributed by atoms with Crippen LogP contribution in [0.15, 0.2) is 0 Å². The summed E-state index contributed by atoms with van der Waals surface area (Å²) in [6, 6.07) is 0. The van der Waals surface area contributed by atoms with Crippen molar-refractivity contribution < 1.29 is 52.5 Å². The molecule has 1 aliphatic rings. The van der Waals surface area contributed by atoms with E-state index in [0.29, 0.717) is 52.2 Å². The fourth-order valence-electron chi connectivity index (χ4n) is 19.2. The van der Waals surface area contributed by atoms with Gasteiger partial charge in [-0.3, -0.25) is 38.5 Å². The SMILES string of the molecule is CCCCCCCCC(CCCCCCCC)OC(=O)CCCCCCCN(CCCCCCCOC(=O)C(CCCCCCCC)CCCCCCCC)CCNC(=O)CN(CC(=O)NCCN(CCCCCCCOC(=O)C(CCCCCCCC)CCCCCCCC)CCCCCCCC(=O)OC(CCCCCCCC)CCCCCCCC)C(=O)CN1CCCC1. The average molecular weight is 1850 g/mol. The third-order valence-electron chi connectivity index (χ3n) is 27.9. The number of amides is 3. The predicted molar refractivity (Wildman–Crippen MR) is 555 cm³/mol. The van der Waals surface area contributed by atoms with Crippen LogP contribution in [0.4, 0.5) is 0 Å². The molecule has 17 nitrogen and oxygen atoms in total. The van der Waals surface area contributed by atoms with Crippen molar-refractivity contribution in [1.29, 1.82) is 0 Å². The molecule has 131 heavy (non-hydrogen) atoms. The minimum absolute atomic E-state index is 0.0177. The monoisotopic (exact) mass is 1850 g/mol. The molecule has 1 fully saturated rings. The van der Waals surface area contributed by atoms with E-state index in [2.05, 4.69) is 80.7 Å². The van der Waals surface area contributed by atoms with Crippen molar-refractivity contribution in [2.45, 2.75) is 581 Å². The number of carbonyl (C=O) groups is 7. The molecule has 3 amide bonds. The summed E-state index contributed by atoms with van der Waals surface area (Å²) in [5.74, 6) is -0.710. The second-order valence-electron chi connectivity index (χ2n) is 40.6. The Labute approximate surface area is 811 Å². The van der Waals surface area contributed by atoms with Gasteiger partial charge in [-0.1, -0.05) is 415 Å². The van der Waals surface area contributed by atoms with Gasteiger partial charge < -0.3 is 44.3 Å². The van der Waals surface area contributed by atoms with Crippen molar-refractivity contribution in [3.8, 4) is 0 Å². The second-order valence-corrected chi connectivity index (χ2v) is 40.6. The van der Waals surface area contributed by atoms with Crippen LogP contribution in [0.25, 0.3) is 0 Å². The highest BCUT2D eigenvalue weighted by Crippen LogP contribution is 2.27. The van der Waals surface area contributed by atoms with Crippen molar-refractivity contribution in [2.24, 2.45) is 11.8 Å². The molecule has 0 spiro atoms. The first-order chi connectivity index (χ1) is 64.3. The highest BCUT2D eigenvalue weighted by Gasteiger charge is 2.27. The Hall–Kier alpha value is -3.83. The topological polar surface area (TPSA) is 193 Å². The number of esters is 4. The summed E-state index contributed by atoms with van der Waals surface area (Å²) in [4.78, 5) is 105. The van der Waals surface area contributed by atoms with Gasteiger partial charge in [0, 0.05) is 39.0 Å². The van der Waals surface area contributed by atoms with Gasteiger partial charge in [-0.25, -0.2) is 0 Å². The molecule has 1 aliphatic heterocycles. The summed E-state index contributed by atoms with van der Waals surface area (Å²) in [7, 11) is 0. The molecule has 2 N–H and O–H groups in total. The number of hydrogen-bond donors (Lipinski definition) is 2. The van der Waals surface area contributed by atoms with E-state index < -0.39 is 0 Å². The van der Waals surface area contributed by atoms with Gasteiger partial charge in [0.1, 0.15) is 25.3 Å². The van der Waals surface area contributed by atoms with Gasteiger partial charge in [-0.05, 0) is 181 Å². The lowest BCUT2D eigenvalue weighted by atomic mass is 9.94. The number of carbonyl (C=O) groups excluding carboxylic acids is 7. The Morgan fingerprint density at radius 2 is 0.496 bits per heavy atom. The van der Waals surface area contributed by atoms with Crippen LogP contribution in [0.3, 0.4) is 0 Å². The number of rotatable bonds is 104. The number of hydrogen-bond acceptors (Lipinski definition) is 14. The molecular weight excluding hydrogens is 1630 g/mol. The van der Waals surface area contributed by atoms with Gasteiger partial charge >= 0.3 is 23.9 Å². The maximum Gasteiger partial charge on any atom is 0.308 e. The largest absolute Gasteiger partial charge is 0.465 e. The molecule has 0 bridgehead atoms. The number of unbranched alkanes of at least 4 members (excludes halogenated alkanes) is 56. The highest BCUT2D eigenvalue weighted by atomic mass is 16.6.